The quantitative estimate of drug-likeness (QED) is 0.812. The Bertz CT molecular complexity index is 972. The number of anilines is 1. The van der Waals surface area contributed by atoms with E-state index in [1.54, 1.807) is 4.90 Å². The number of rotatable bonds is 2. The highest BCUT2D eigenvalue weighted by Gasteiger charge is 2.36. The number of alkyl halides is 3. The second-order valence-electron chi connectivity index (χ2n) is 6.07. The van der Waals surface area contributed by atoms with Gasteiger partial charge < -0.3 is 14.7 Å². The molecule has 1 aromatic carbocycles. The molecule has 0 aliphatic carbocycles. The topological polar surface area (TPSA) is 84.4 Å². The predicted molar refractivity (Wildman–Crippen MR) is 87.2 cm³/mol. The Labute approximate surface area is 144 Å². The third kappa shape index (κ3) is 3.31. The van der Waals surface area contributed by atoms with Crippen LogP contribution in [0.25, 0.3) is 11.0 Å². The molecule has 2 aromatic rings. The van der Waals surface area contributed by atoms with Crippen LogP contribution < -0.4 is 20.9 Å². The van der Waals surface area contributed by atoms with Gasteiger partial charge in [-0.05, 0) is 31.4 Å². The number of carbonyl (C=O) groups excluding carboxylic acids is 1. The number of aromatic amines is 1. The van der Waals surface area contributed by atoms with Crippen molar-refractivity contribution in [2.75, 3.05) is 18.0 Å². The molecule has 140 valence electrons. The fourth-order valence-electron chi connectivity index (χ4n) is 3.07. The summed E-state index contributed by atoms with van der Waals surface area (Å²) in [4.78, 5) is 43.4. The number of aromatic nitrogens is 2. The Morgan fingerprint density at radius 3 is 2.38 bits per heavy atom. The summed E-state index contributed by atoms with van der Waals surface area (Å²) in [6.45, 7) is 1.90. The van der Waals surface area contributed by atoms with Gasteiger partial charge in [0.1, 0.15) is 5.52 Å². The van der Waals surface area contributed by atoms with Gasteiger partial charge in [0.05, 0.1) is 16.8 Å². The number of fused-ring (bicyclic) bond motifs is 1. The number of hydrogen-bond acceptors (Lipinski definition) is 5. The van der Waals surface area contributed by atoms with Crippen LogP contribution in [0.3, 0.4) is 0 Å². The van der Waals surface area contributed by atoms with Crippen molar-refractivity contribution in [3.05, 3.63) is 38.4 Å². The first-order valence-corrected chi connectivity index (χ1v) is 8.02. The van der Waals surface area contributed by atoms with Crippen molar-refractivity contribution in [3.8, 4) is 0 Å². The summed E-state index contributed by atoms with van der Waals surface area (Å²) in [5.74, 6) is -0.876. The van der Waals surface area contributed by atoms with Gasteiger partial charge >= 0.3 is 23.3 Å². The van der Waals surface area contributed by atoms with E-state index < -0.39 is 28.8 Å². The Hall–Kier alpha value is -2.78. The van der Waals surface area contributed by atoms with Crippen LogP contribution in [-0.2, 0) is 11.0 Å². The molecule has 2 heterocycles. The molecule has 1 aromatic heterocycles. The molecule has 1 N–H and O–H groups in total. The van der Waals surface area contributed by atoms with Gasteiger partial charge in [-0.2, -0.15) is 13.2 Å². The third-order valence-corrected chi connectivity index (χ3v) is 4.18. The monoisotopic (exact) mass is 371 g/mol. The van der Waals surface area contributed by atoms with Gasteiger partial charge in [-0.25, -0.2) is 4.79 Å². The maximum absolute atomic E-state index is 13.5. The number of benzene rings is 1. The highest BCUT2D eigenvalue weighted by Crippen LogP contribution is 2.39. The smallest absolute Gasteiger partial charge is 0.371 e. The largest absolute Gasteiger partial charge is 0.418 e. The van der Waals surface area contributed by atoms with E-state index in [2.05, 4.69) is 4.98 Å². The number of piperidine rings is 1. The van der Waals surface area contributed by atoms with E-state index in [1.165, 1.54) is 0 Å². The first-order valence-electron chi connectivity index (χ1n) is 8.02. The van der Waals surface area contributed by atoms with Gasteiger partial charge in [-0.1, -0.05) is 0 Å². The zero-order valence-corrected chi connectivity index (χ0v) is 13.9. The fraction of sp³-hybridized carbons (Fsp3) is 0.438. The lowest BCUT2D eigenvalue weighted by atomic mass is 10.1. The Morgan fingerprint density at radius 2 is 1.81 bits per heavy atom. The summed E-state index contributed by atoms with van der Waals surface area (Å²) in [6.07, 6.45) is -2.23. The van der Waals surface area contributed by atoms with E-state index >= 15 is 0 Å². The van der Waals surface area contributed by atoms with Crippen molar-refractivity contribution in [3.63, 3.8) is 0 Å². The van der Waals surface area contributed by atoms with Crippen LogP contribution in [0.1, 0.15) is 31.7 Å². The van der Waals surface area contributed by atoms with Crippen LogP contribution in [0.4, 0.5) is 18.9 Å². The normalized spacial score (nSPS) is 15.3. The van der Waals surface area contributed by atoms with E-state index in [0.29, 0.717) is 17.8 Å². The van der Waals surface area contributed by atoms with Crippen molar-refractivity contribution >= 4 is 22.7 Å². The molecule has 10 heteroatoms. The molecule has 0 unspecified atom stereocenters. The Balaban J connectivity index is 2.33. The Morgan fingerprint density at radius 1 is 1.15 bits per heavy atom. The average molecular weight is 371 g/mol. The number of carbonyl (C=O) groups is 1. The third-order valence-electron chi connectivity index (χ3n) is 4.18. The minimum Gasteiger partial charge on any atom is -0.371 e. The number of hydrogen-bond donors (Lipinski definition) is 1. The van der Waals surface area contributed by atoms with E-state index in [9.17, 15) is 27.6 Å². The molecular weight excluding hydrogens is 355 g/mol. The molecule has 7 nitrogen and oxygen atoms in total. The second-order valence-corrected chi connectivity index (χ2v) is 6.07. The highest BCUT2D eigenvalue weighted by molar-refractivity contribution is 5.82. The van der Waals surface area contributed by atoms with Crippen molar-refractivity contribution < 1.29 is 22.8 Å². The Kier molecular flexibility index (Phi) is 4.51. The van der Waals surface area contributed by atoms with Gasteiger partial charge in [-0.15, -0.1) is 4.73 Å². The minimum absolute atomic E-state index is 0.113. The van der Waals surface area contributed by atoms with Gasteiger partial charge in [-0.3, -0.25) is 9.59 Å². The van der Waals surface area contributed by atoms with E-state index in [1.807, 2.05) is 0 Å². The van der Waals surface area contributed by atoms with Crippen molar-refractivity contribution in [1.29, 1.82) is 0 Å². The van der Waals surface area contributed by atoms with Crippen molar-refractivity contribution in [1.82, 2.24) is 9.71 Å². The second kappa shape index (κ2) is 6.50. The lowest BCUT2D eigenvalue weighted by molar-refractivity contribution is -0.141. The number of halogens is 3. The standard InChI is InChI=1S/C16H16F3N3O4/c1-9(23)26-22-13-8-12(21-5-3-2-4-6-21)10(16(17,18)19)7-11(13)20-14(24)15(22)25/h7-8H,2-6H2,1H3,(H,20,24). The molecule has 0 radical (unpaired) electrons. The molecule has 0 atom stereocenters. The first-order chi connectivity index (χ1) is 12.2. The van der Waals surface area contributed by atoms with Crippen molar-refractivity contribution in [2.24, 2.45) is 0 Å². The van der Waals surface area contributed by atoms with Crippen LogP contribution in [0, 0.1) is 0 Å². The maximum Gasteiger partial charge on any atom is 0.418 e. The van der Waals surface area contributed by atoms with Crippen molar-refractivity contribution in [2.45, 2.75) is 32.4 Å². The summed E-state index contributed by atoms with van der Waals surface area (Å²) in [5.41, 5.74) is -3.76. The molecule has 26 heavy (non-hydrogen) atoms. The molecule has 1 aliphatic rings. The number of nitrogens with one attached hydrogen (secondary N) is 1. The summed E-state index contributed by atoms with van der Waals surface area (Å²) in [6, 6.07) is 1.89. The molecule has 0 saturated carbocycles. The summed E-state index contributed by atoms with van der Waals surface area (Å²) in [5, 5.41) is 0. The van der Waals surface area contributed by atoms with Gasteiger partial charge in [0, 0.05) is 20.0 Å². The summed E-state index contributed by atoms with van der Waals surface area (Å²) >= 11 is 0. The van der Waals surface area contributed by atoms with Crippen LogP contribution in [-0.4, -0.2) is 28.8 Å². The van der Waals surface area contributed by atoms with E-state index in [4.69, 9.17) is 4.84 Å². The summed E-state index contributed by atoms with van der Waals surface area (Å²) < 4.78 is 41.1. The van der Waals surface area contributed by atoms with Crippen LogP contribution >= 0.6 is 0 Å². The van der Waals surface area contributed by atoms with Crippen LogP contribution in [0.15, 0.2) is 21.7 Å². The summed E-state index contributed by atoms with van der Waals surface area (Å²) in [7, 11) is 0. The van der Waals surface area contributed by atoms with E-state index in [0.717, 1.165) is 38.3 Å². The molecule has 0 amide bonds. The van der Waals surface area contributed by atoms with Gasteiger partial charge in [0.2, 0.25) is 0 Å². The molecule has 0 spiro atoms. The van der Waals surface area contributed by atoms with Crippen LogP contribution in [0.5, 0.6) is 0 Å². The zero-order chi connectivity index (χ0) is 19.1. The van der Waals surface area contributed by atoms with Gasteiger partial charge in [0.25, 0.3) is 0 Å². The lowest BCUT2D eigenvalue weighted by Gasteiger charge is -2.31. The first kappa shape index (κ1) is 18.0. The zero-order valence-electron chi connectivity index (χ0n) is 13.9. The fourth-order valence-corrected chi connectivity index (χ4v) is 3.07. The lowest BCUT2D eigenvalue weighted by Crippen LogP contribution is -2.41. The average Bonchev–Trinajstić information content (AvgIpc) is 2.57. The van der Waals surface area contributed by atoms with Crippen LogP contribution in [0.2, 0.25) is 0 Å². The number of nitrogens with zero attached hydrogens (tertiary/aromatic N) is 2. The van der Waals surface area contributed by atoms with Gasteiger partial charge in [0.15, 0.2) is 0 Å². The number of H-pyrrole nitrogens is 1. The molecule has 3 rings (SSSR count). The van der Waals surface area contributed by atoms with E-state index in [-0.39, 0.29) is 16.7 Å². The highest BCUT2D eigenvalue weighted by atomic mass is 19.4. The SMILES string of the molecule is CC(=O)On1c(=O)c(=O)[nH]c2cc(C(F)(F)F)c(N3CCCCC3)cc21. The maximum atomic E-state index is 13.5. The molecule has 1 aliphatic heterocycles. The molecule has 1 fully saturated rings. The predicted octanol–water partition coefficient (Wildman–Crippen LogP) is 1.67. The molecule has 1 saturated heterocycles. The minimum atomic E-state index is -4.65. The molecular formula is C16H16F3N3O4. The molecule has 0 bridgehead atoms.